The van der Waals surface area contributed by atoms with Gasteiger partial charge in [0.05, 0.1) is 17.9 Å². The van der Waals surface area contributed by atoms with E-state index < -0.39 is 0 Å². The van der Waals surface area contributed by atoms with Gasteiger partial charge < -0.3 is 15.4 Å². The van der Waals surface area contributed by atoms with Crippen LogP contribution in [-0.4, -0.2) is 35.6 Å². The number of hydrogen-bond acceptors (Lipinski definition) is 7. The highest BCUT2D eigenvalue weighted by Crippen LogP contribution is 2.30. The molecule has 0 aromatic carbocycles. The second-order valence-corrected chi connectivity index (χ2v) is 7.50. The lowest BCUT2D eigenvalue weighted by Gasteiger charge is -2.14. The highest BCUT2D eigenvalue weighted by atomic mass is 32.1. The van der Waals surface area contributed by atoms with Gasteiger partial charge in [-0.05, 0) is 25.0 Å². The zero-order valence-electron chi connectivity index (χ0n) is 16.0. The Kier molecular flexibility index (Phi) is 7.89. The maximum Gasteiger partial charge on any atom is 0.222 e. The molecule has 0 spiro atoms. The van der Waals surface area contributed by atoms with E-state index in [1.165, 1.54) is 32.1 Å². The molecular formula is C20H29N5OS. The molecule has 7 heteroatoms. The zero-order valence-corrected chi connectivity index (χ0v) is 16.9. The van der Waals surface area contributed by atoms with Crippen LogP contribution < -0.4 is 15.4 Å². The molecule has 0 radical (unpaired) electrons. The van der Waals surface area contributed by atoms with Crippen molar-refractivity contribution in [3.63, 3.8) is 0 Å². The first-order valence-corrected chi connectivity index (χ1v) is 10.8. The minimum absolute atomic E-state index is 0.663. The summed E-state index contributed by atoms with van der Waals surface area (Å²) in [4.78, 5) is 13.5. The lowest BCUT2D eigenvalue weighted by molar-refractivity contribution is 0.294. The largest absolute Gasteiger partial charge is 0.477 e. The molecule has 1 aliphatic heterocycles. The summed E-state index contributed by atoms with van der Waals surface area (Å²) in [7, 11) is 0. The smallest absolute Gasteiger partial charge is 0.222 e. The average molecular weight is 388 g/mol. The number of nitrogens with zero attached hydrogens (tertiary/aromatic N) is 3. The number of aliphatic imine (C=N–C) groups is 1. The fourth-order valence-corrected chi connectivity index (χ4v) is 3.63. The standard InChI is InChI=1S/C20H29N5OS/c1-2-3-4-5-6-7-14-26-18-16(10-8-11-21-18)17-15-27-20(24-17)25-19-22-12-9-13-23-19/h8,10-11,15H,2-7,9,12-14H2,1H3,(H2,22,23,24,25). The highest BCUT2D eigenvalue weighted by molar-refractivity contribution is 7.14. The summed E-state index contributed by atoms with van der Waals surface area (Å²) in [5.74, 6) is 1.46. The number of ether oxygens (including phenoxy) is 1. The van der Waals surface area contributed by atoms with Crippen LogP contribution in [-0.2, 0) is 0 Å². The van der Waals surface area contributed by atoms with Crippen molar-refractivity contribution in [3.05, 3.63) is 23.7 Å². The van der Waals surface area contributed by atoms with Gasteiger partial charge >= 0.3 is 0 Å². The molecule has 0 aliphatic carbocycles. The minimum atomic E-state index is 0.663. The third-order valence-electron chi connectivity index (χ3n) is 4.41. The molecule has 0 saturated heterocycles. The van der Waals surface area contributed by atoms with Crippen molar-refractivity contribution in [1.82, 2.24) is 15.3 Å². The van der Waals surface area contributed by atoms with Gasteiger partial charge in [0.2, 0.25) is 5.88 Å². The topological polar surface area (TPSA) is 71.4 Å². The van der Waals surface area contributed by atoms with Gasteiger partial charge in [0, 0.05) is 24.7 Å². The molecule has 0 unspecified atom stereocenters. The van der Waals surface area contributed by atoms with E-state index >= 15 is 0 Å². The first-order valence-electron chi connectivity index (χ1n) is 9.96. The SMILES string of the molecule is CCCCCCCCOc1ncccc1-c1csc(NC2=NCCCN2)n1. The van der Waals surface area contributed by atoms with Crippen LogP contribution >= 0.6 is 11.3 Å². The molecule has 0 atom stereocenters. The number of thiazole rings is 1. The van der Waals surface area contributed by atoms with E-state index in [1.807, 2.05) is 17.5 Å². The third kappa shape index (κ3) is 6.20. The summed E-state index contributed by atoms with van der Waals surface area (Å²) in [5, 5.41) is 9.35. The van der Waals surface area contributed by atoms with Gasteiger partial charge in [-0.3, -0.25) is 4.99 Å². The maximum absolute atomic E-state index is 5.95. The van der Waals surface area contributed by atoms with Crippen molar-refractivity contribution < 1.29 is 4.74 Å². The Morgan fingerprint density at radius 2 is 2.11 bits per heavy atom. The molecule has 0 fully saturated rings. The van der Waals surface area contributed by atoms with Gasteiger partial charge in [-0.25, -0.2) is 9.97 Å². The monoisotopic (exact) mass is 387 g/mol. The summed E-state index contributed by atoms with van der Waals surface area (Å²) in [6.07, 6.45) is 10.3. The summed E-state index contributed by atoms with van der Waals surface area (Å²) >= 11 is 1.56. The first kappa shape index (κ1) is 19.6. The lowest BCUT2D eigenvalue weighted by atomic mass is 10.1. The predicted octanol–water partition coefficient (Wildman–Crippen LogP) is 4.71. The van der Waals surface area contributed by atoms with Crippen molar-refractivity contribution in [2.75, 3.05) is 25.0 Å². The molecule has 2 aromatic rings. The Labute approximate surface area is 165 Å². The number of nitrogens with one attached hydrogen (secondary N) is 2. The quantitative estimate of drug-likeness (QED) is 0.578. The number of unbranched alkanes of at least 4 members (excludes halogenated alkanes) is 5. The summed E-state index contributed by atoms with van der Waals surface area (Å²) in [5.41, 5.74) is 1.82. The summed E-state index contributed by atoms with van der Waals surface area (Å²) in [6.45, 7) is 4.74. The number of anilines is 1. The minimum Gasteiger partial charge on any atom is -0.477 e. The molecule has 2 N–H and O–H groups in total. The molecule has 0 saturated carbocycles. The summed E-state index contributed by atoms with van der Waals surface area (Å²) < 4.78 is 5.95. The Bertz CT molecular complexity index is 731. The van der Waals surface area contributed by atoms with E-state index in [0.717, 1.165) is 48.3 Å². The Morgan fingerprint density at radius 1 is 1.22 bits per heavy atom. The van der Waals surface area contributed by atoms with Crippen LogP contribution in [0.15, 0.2) is 28.7 Å². The molecule has 2 aromatic heterocycles. The van der Waals surface area contributed by atoms with Gasteiger partial charge in [-0.2, -0.15) is 0 Å². The van der Waals surface area contributed by atoms with Gasteiger partial charge in [-0.1, -0.05) is 39.0 Å². The second kappa shape index (κ2) is 10.9. The van der Waals surface area contributed by atoms with E-state index in [9.17, 15) is 0 Å². The lowest BCUT2D eigenvalue weighted by Crippen LogP contribution is -2.35. The molecule has 0 bridgehead atoms. The maximum atomic E-state index is 5.95. The van der Waals surface area contributed by atoms with Gasteiger partial charge in [0.15, 0.2) is 11.1 Å². The molecule has 3 rings (SSSR count). The van der Waals surface area contributed by atoms with E-state index in [0.29, 0.717) is 12.5 Å². The normalized spacial score (nSPS) is 13.7. The predicted molar refractivity (Wildman–Crippen MR) is 113 cm³/mol. The fraction of sp³-hybridized carbons (Fsp3) is 0.550. The number of pyridine rings is 1. The zero-order chi connectivity index (χ0) is 18.7. The van der Waals surface area contributed by atoms with Crippen LogP contribution in [0.4, 0.5) is 5.13 Å². The van der Waals surface area contributed by atoms with E-state index in [-0.39, 0.29) is 0 Å². The second-order valence-electron chi connectivity index (χ2n) is 6.65. The molecule has 0 amide bonds. The van der Waals surface area contributed by atoms with Gasteiger partial charge in [0.25, 0.3) is 0 Å². The Morgan fingerprint density at radius 3 is 2.96 bits per heavy atom. The van der Waals surface area contributed by atoms with Crippen molar-refractivity contribution in [1.29, 1.82) is 0 Å². The molecular weight excluding hydrogens is 358 g/mol. The van der Waals surface area contributed by atoms with Gasteiger partial charge in [0.1, 0.15) is 0 Å². The molecule has 1 aliphatic rings. The number of guanidine groups is 1. The van der Waals surface area contributed by atoms with Crippen molar-refractivity contribution in [2.45, 2.75) is 51.9 Å². The third-order valence-corrected chi connectivity index (χ3v) is 5.17. The fourth-order valence-electron chi connectivity index (χ4n) is 2.92. The van der Waals surface area contributed by atoms with Crippen LogP contribution in [0, 0.1) is 0 Å². The van der Waals surface area contributed by atoms with Crippen molar-refractivity contribution in [3.8, 4) is 17.1 Å². The highest BCUT2D eigenvalue weighted by Gasteiger charge is 2.13. The molecule has 6 nitrogen and oxygen atoms in total. The van der Waals surface area contributed by atoms with E-state index in [4.69, 9.17) is 4.74 Å². The average Bonchev–Trinajstić information content (AvgIpc) is 3.17. The Balaban J connectivity index is 1.55. The van der Waals surface area contributed by atoms with Gasteiger partial charge in [-0.15, -0.1) is 11.3 Å². The number of aromatic nitrogens is 2. The molecule has 146 valence electrons. The van der Waals surface area contributed by atoms with Crippen LogP contribution in [0.5, 0.6) is 5.88 Å². The summed E-state index contributed by atoms with van der Waals surface area (Å²) in [6, 6.07) is 3.94. The van der Waals surface area contributed by atoms with Crippen molar-refractivity contribution >= 4 is 22.4 Å². The van der Waals surface area contributed by atoms with Crippen LogP contribution in [0.1, 0.15) is 51.9 Å². The van der Waals surface area contributed by atoms with Crippen LogP contribution in [0.3, 0.4) is 0 Å². The number of hydrogen-bond donors (Lipinski definition) is 2. The van der Waals surface area contributed by atoms with E-state index in [1.54, 1.807) is 17.5 Å². The van der Waals surface area contributed by atoms with Crippen LogP contribution in [0.2, 0.25) is 0 Å². The number of rotatable bonds is 10. The van der Waals surface area contributed by atoms with E-state index in [2.05, 4.69) is 32.5 Å². The molecule has 3 heterocycles. The van der Waals surface area contributed by atoms with Crippen molar-refractivity contribution in [2.24, 2.45) is 4.99 Å². The Hall–Kier alpha value is -2.15. The van der Waals surface area contributed by atoms with Crippen LogP contribution in [0.25, 0.3) is 11.3 Å². The first-order chi connectivity index (χ1) is 13.4. The molecule has 27 heavy (non-hydrogen) atoms.